The third-order valence-corrected chi connectivity index (χ3v) is 6.81. The number of hydrogen-bond acceptors (Lipinski definition) is 4. The van der Waals surface area contributed by atoms with E-state index in [0.29, 0.717) is 11.6 Å². The van der Waals surface area contributed by atoms with Gasteiger partial charge in [0.05, 0.1) is 16.8 Å². The van der Waals surface area contributed by atoms with Gasteiger partial charge in [-0.2, -0.15) is 0 Å². The van der Waals surface area contributed by atoms with Crippen LogP contribution < -0.4 is 15.8 Å². The Bertz CT molecular complexity index is 1440. The van der Waals surface area contributed by atoms with Crippen LogP contribution in [-0.2, 0) is 6.54 Å². The molecule has 0 amide bonds. The van der Waals surface area contributed by atoms with Gasteiger partial charge in [0.2, 0.25) is 0 Å². The molecule has 7 heteroatoms. The van der Waals surface area contributed by atoms with Crippen molar-refractivity contribution in [3.63, 3.8) is 0 Å². The van der Waals surface area contributed by atoms with Gasteiger partial charge in [-0.3, -0.25) is 14.3 Å². The van der Waals surface area contributed by atoms with Crippen LogP contribution in [0.5, 0.6) is 0 Å². The van der Waals surface area contributed by atoms with Crippen molar-refractivity contribution in [1.29, 1.82) is 0 Å². The molecule has 0 atom stereocenters. The minimum atomic E-state index is -0.484. The Balaban J connectivity index is 1.77. The van der Waals surface area contributed by atoms with Crippen molar-refractivity contribution in [3.8, 4) is 11.1 Å². The second-order valence-electron chi connectivity index (χ2n) is 9.00. The molecule has 0 aliphatic carbocycles. The van der Waals surface area contributed by atoms with Gasteiger partial charge in [-0.25, -0.2) is 4.39 Å². The van der Waals surface area contributed by atoms with Crippen LogP contribution >= 0.6 is 11.6 Å². The number of aromatic nitrogens is 2. The summed E-state index contributed by atoms with van der Waals surface area (Å²) in [4.78, 5) is 20.1. The van der Waals surface area contributed by atoms with Crippen molar-refractivity contribution in [2.45, 2.75) is 32.4 Å². The van der Waals surface area contributed by atoms with Crippen LogP contribution in [0.3, 0.4) is 0 Å². The van der Waals surface area contributed by atoms with Gasteiger partial charge >= 0.3 is 0 Å². The topological polar surface area (TPSA) is 50.2 Å². The zero-order valence-electron chi connectivity index (χ0n) is 18.7. The molecule has 0 radical (unpaired) electrons. The van der Waals surface area contributed by atoms with Gasteiger partial charge in [-0.05, 0) is 56.7 Å². The smallest absolute Gasteiger partial charge is 0.260 e. The predicted molar refractivity (Wildman–Crippen MR) is 133 cm³/mol. The van der Waals surface area contributed by atoms with E-state index in [-0.39, 0.29) is 22.2 Å². The number of para-hydroxylation sites is 1. The van der Waals surface area contributed by atoms with E-state index in [0.717, 1.165) is 34.5 Å². The molecule has 1 aliphatic heterocycles. The van der Waals surface area contributed by atoms with Crippen LogP contribution in [0.15, 0.2) is 65.6 Å². The van der Waals surface area contributed by atoms with E-state index in [1.807, 2.05) is 37.4 Å². The third-order valence-electron chi connectivity index (χ3n) is 6.57. The highest BCUT2D eigenvalue weighted by Crippen LogP contribution is 2.39. The molecule has 0 spiro atoms. The second kappa shape index (κ2) is 7.89. The average Bonchev–Trinajstić information content (AvgIpc) is 2.80. The summed E-state index contributed by atoms with van der Waals surface area (Å²) < 4.78 is 16.5. The largest absolute Gasteiger partial charge is 0.354 e. The molecule has 1 N–H and O–H groups in total. The van der Waals surface area contributed by atoms with Crippen molar-refractivity contribution in [1.82, 2.24) is 9.55 Å². The van der Waals surface area contributed by atoms with E-state index in [9.17, 15) is 9.18 Å². The number of benzene rings is 2. The summed E-state index contributed by atoms with van der Waals surface area (Å²) in [7, 11) is 1.99. The summed E-state index contributed by atoms with van der Waals surface area (Å²) in [5.74, 6) is 0.283. The monoisotopic (exact) mass is 462 g/mol. The number of hydrogen-bond donors (Lipinski definition) is 1. The van der Waals surface area contributed by atoms with Crippen LogP contribution in [0, 0.1) is 5.82 Å². The van der Waals surface area contributed by atoms with Crippen LogP contribution in [0.4, 0.5) is 21.6 Å². The predicted octanol–water partition coefficient (Wildman–Crippen LogP) is 6.22. The lowest BCUT2D eigenvalue weighted by Gasteiger charge is -2.44. The molecule has 0 saturated heterocycles. The van der Waals surface area contributed by atoms with Crippen molar-refractivity contribution in [2.75, 3.05) is 17.3 Å². The molecular formula is C26H24ClFN4O. The number of fused-ring (bicyclic) bond motifs is 2. The molecule has 3 heterocycles. The Kier molecular flexibility index (Phi) is 5.13. The fraction of sp³-hybridized carbons (Fsp3) is 0.231. The molecule has 2 aromatic carbocycles. The van der Waals surface area contributed by atoms with E-state index < -0.39 is 5.82 Å². The lowest BCUT2D eigenvalue weighted by molar-refractivity contribution is 0.372. The zero-order valence-corrected chi connectivity index (χ0v) is 19.4. The van der Waals surface area contributed by atoms with E-state index in [1.165, 1.54) is 18.2 Å². The molecule has 5 nitrogen and oxygen atoms in total. The van der Waals surface area contributed by atoms with E-state index in [1.54, 1.807) is 16.8 Å². The summed E-state index contributed by atoms with van der Waals surface area (Å²) in [6.07, 6.45) is 2.53. The highest BCUT2D eigenvalue weighted by molar-refractivity contribution is 6.30. The first-order valence-electron chi connectivity index (χ1n) is 10.8. The molecular weight excluding hydrogens is 439 g/mol. The van der Waals surface area contributed by atoms with E-state index in [4.69, 9.17) is 11.6 Å². The van der Waals surface area contributed by atoms with E-state index >= 15 is 0 Å². The Morgan fingerprint density at radius 1 is 1.06 bits per heavy atom. The molecule has 0 bridgehead atoms. The lowest BCUT2D eigenvalue weighted by Crippen LogP contribution is -2.49. The Labute approximate surface area is 196 Å². The summed E-state index contributed by atoms with van der Waals surface area (Å²) in [5, 5.41) is 4.85. The maximum absolute atomic E-state index is 14.8. The minimum Gasteiger partial charge on any atom is -0.354 e. The van der Waals surface area contributed by atoms with Gasteiger partial charge in [0.1, 0.15) is 11.6 Å². The van der Waals surface area contributed by atoms with Crippen molar-refractivity contribution in [3.05, 3.63) is 82.0 Å². The van der Waals surface area contributed by atoms with Gasteiger partial charge in [0.15, 0.2) is 0 Å². The number of halogens is 2. The first-order chi connectivity index (χ1) is 15.8. The summed E-state index contributed by atoms with van der Waals surface area (Å²) in [6.45, 7) is 4.83. The second-order valence-corrected chi connectivity index (χ2v) is 9.43. The van der Waals surface area contributed by atoms with Crippen molar-refractivity contribution < 1.29 is 4.39 Å². The number of anilines is 3. The molecule has 0 saturated carbocycles. The summed E-state index contributed by atoms with van der Waals surface area (Å²) in [5.41, 5.74) is 2.52. The first kappa shape index (κ1) is 21.5. The fourth-order valence-corrected chi connectivity index (χ4v) is 4.58. The van der Waals surface area contributed by atoms with Crippen LogP contribution in [-0.4, -0.2) is 22.1 Å². The van der Waals surface area contributed by atoms with Gasteiger partial charge in [-0.1, -0.05) is 29.8 Å². The maximum atomic E-state index is 14.8. The van der Waals surface area contributed by atoms with Crippen LogP contribution in [0.1, 0.15) is 20.3 Å². The lowest BCUT2D eigenvalue weighted by atomic mass is 9.95. The first-order valence-corrected chi connectivity index (χ1v) is 11.2. The quantitative estimate of drug-likeness (QED) is 0.392. The fourth-order valence-electron chi connectivity index (χ4n) is 4.41. The van der Waals surface area contributed by atoms with E-state index in [2.05, 4.69) is 29.0 Å². The molecule has 168 valence electrons. The minimum absolute atomic E-state index is 0.147. The number of pyridine rings is 2. The van der Waals surface area contributed by atoms with Crippen molar-refractivity contribution >= 4 is 39.7 Å². The maximum Gasteiger partial charge on any atom is 0.260 e. The SMILES string of the molecule is CN1c2c(Nc3ccnc4ccccc34)cc(-c3cc(Cl)ccc3F)c(=O)n2CCC1(C)C. The average molecular weight is 463 g/mol. The number of nitrogens with zero attached hydrogens (tertiary/aromatic N) is 3. The number of rotatable bonds is 3. The molecule has 0 unspecified atom stereocenters. The Hall–Kier alpha value is -3.38. The van der Waals surface area contributed by atoms with Crippen LogP contribution in [0.2, 0.25) is 5.02 Å². The molecule has 4 aromatic rings. The summed E-state index contributed by atoms with van der Waals surface area (Å²) >= 11 is 6.15. The van der Waals surface area contributed by atoms with Gasteiger partial charge in [0, 0.05) is 47.0 Å². The van der Waals surface area contributed by atoms with Gasteiger partial charge < -0.3 is 10.2 Å². The molecule has 1 aliphatic rings. The van der Waals surface area contributed by atoms with Crippen LogP contribution in [0.25, 0.3) is 22.0 Å². The van der Waals surface area contributed by atoms with Gasteiger partial charge in [0.25, 0.3) is 5.56 Å². The molecule has 33 heavy (non-hydrogen) atoms. The molecule has 0 fully saturated rings. The number of nitrogens with one attached hydrogen (secondary N) is 1. The zero-order chi connectivity index (χ0) is 23.3. The highest BCUT2D eigenvalue weighted by atomic mass is 35.5. The third kappa shape index (κ3) is 3.64. The normalized spacial score (nSPS) is 14.9. The van der Waals surface area contributed by atoms with Gasteiger partial charge in [-0.15, -0.1) is 0 Å². The highest BCUT2D eigenvalue weighted by Gasteiger charge is 2.34. The standard InChI is InChI=1S/C26H24ClFN4O/c1-26(2)11-13-32-24(31(26)3)23(30-22-10-12-29-21-7-5-4-6-17(21)22)15-19(25(32)33)18-14-16(27)8-9-20(18)28/h4-10,12,14-15H,11,13H2,1-3H3,(H,29,30). The molecule has 2 aromatic heterocycles. The Morgan fingerprint density at radius 2 is 1.85 bits per heavy atom. The van der Waals surface area contributed by atoms with Crippen molar-refractivity contribution in [2.24, 2.45) is 0 Å². The molecule has 5 rings (SSSR count). The summed E-state index contributed by atoms with van der Waals surface area (Å²) in [6, 6.07) is 15.8. The Morgan fingerprint density at radius 3 is 2.67 bits per heavy atom.